The van der Waals surface area contributed by atoms with E-state index in [1.807, 2.05) is 0 Å². The summed E-state index contributed by atoms with van der Waals surface area (Å²) in [6.07, 6.45) is 5.25. The molecule has 0 aromatic heterocycles. The van der Waals surface area contributed by atoms with Crippen molar-refractivity contribution in [3.05, 3.63) is 30.3 Å². The van der Waals surface area contributed by atoms with Crippen LogP contribution in [0.2, 0.25) is 0 Å². The fourth-order valence-electron chi connectivity index (χ4n) is 3.58. The summed E-state index contributed by atoms with van der Waals surface area (Å²) in [6, 6.07) is 8.43. The van der Waals surface area contributed by atoms with Gasteiger partial charge in [-0.3, -0.25) is 4.99 Å². The number of likely N-dealkylation sites (tertiary alicyclic amines) is 1. The van der Waals surface area contributed by atoms with Crippen LogP contribution in [0.3, 0.4) is 0 Å². The van der Waals surface area contributed by atoms with E-state index >= 15 is 0 Å². The highest BCUT2D eigenvalue weighted by Crippen LogP contribution is 2.47. The fraction of sp³-hybridized carbons (Fsp3) is 0.588. The predicted octanol–water partition coefficient (Wildman–Crippen LogP) is 1.42. The maximum Gasteiger partial charge on any atom is 0.240 e. The molecule has 1 heterocycles. The number of rotatable bonds is 5. The van der Waals surface area contributed by atoms with E-state index in [0.717, 1.165) is 19.0 Å². The van der Waals surface area contributed by atoms with Crippen molar-refractivity contribution in [2.45, 2.75) is 30.6 Å². The van der Waals surface area contributed by atoms with Crippen molar-refractivity contribution >= 4 is 16.0 Å². The lowest BCUT2D eigenvalue weighted by Crippen LogP contribution is -2.44. The first-order chi connectivity index (χ1) is 11.5. The monoisotopic (exact) mass is 350 g/mol. The number of aliphatic imine (C=N–C) groups is 1. The maximum atomic E-state index is 12.2. The summed E-state index contributed by atoms with van der Waals surface area (Å²) in [4.78, 5) is 6.93. The van der Waals surface area contributed by atoms with E-state index < -0.39 is 10.0 Å². The number of nitrogens with one attached hydrogen (secondary N) is 2. The Labute approximate surface area is 144 Å². The Kier molecular flexibility index (Phi) is 5.10. The second kappa shape index (κ2) is 7.11. The van der Waals surface area contributed by atoms with Crippen LogP contribution in [-0.2, 0) is 10.0 Å². The average molecular weight is 350 g/mol. The largest absolute Gasteiger partial charge is 0.355 e. The Hall–Kier alpha value is -1.60. The van der Waals surface area contributed by atoms with Gasteiger partial charge in [-0.25, -0.2) is 13.1 Å². The lowest BCUT2D eigenvalue weighted by atomic mass is 9.68. The molecule has 1 aromatic carbocycles. The standard InChI is InChI=1S/C17H26N4O2S/c1-18-16(21-13-10-17(14-21)8-5-9-17)19-11-12-20-24(22,23)15-6-3-2-4-7-15/h2-4,6-7,20H,5,8-14H2,1H3,(H,18,19). The van der Waals surface area contributed by atoms with Crippen LogP contribution in [0.4, 0.5) is 0 Å². The van der Waals surface area contributed by atoms with Gasteiger partial charge in [0.1, 0.15) is 0 Å². The molecule has 2 N–H and O–H groups in total. The molecule has 1 spiro atoms. The third-order valence-corrected chi connectivity index (χ3v) is 6.59. The van der Waals surface area contributed by atoms with Gasteiger partial charge in [0.2, 0.25) is 10.0 Å². The Balaban J connectivity index is 1.45. The molecule has 0 radical (unpaired) electrons. The zero-order valence-electron chi connectivity index (χ0n) is 14.2. The summed E-state index contributed by atoms with van der Waals surface area (Å²) < 4.78 is 26.9. The quantitative estimate of drug-likeness (QED) is 0.478. The molecule has 0 amide bonds. The molecule has 1 aliphatic heterocycles. The molecule has 3 rings (SSSR count). The third-order valence-electron chi connectivity index (χ3n) is 5.12. The average Bonchev–Trinajstić information content (AvgIpc) is 3.01. The minimum absolute atomic E-state index is 0.292. The molecule has 0 bridgehead atoms. The number of sulfonamides is 1. The van der Waals surface area contributed by atoms with Gasteiger partial charge in [-0.1, -0.05) is 24.6 Å². The molecular weight excluding hydrogens is 324 g/mol. The van der Waals surface area contributed by atoms with Crippen LogP contribution in [0, 0.1) is 5.41 Å². The topological polar surface area (TPSA) is 73.8 Å². The smallest absolute Gasteiger partial charge is 0.240 e. The highest BCUT2D eigenvalue weighted by atomic mass is 32.2. The van der Waals surface area contributed by atoms with Crippen LogP contribution in [0.5, 0.6) is 0 Å². The maximum absolute atomic E-state index is 12.2. The van der Waals surface area contributed by atoms with Gasteiger partial charge in [0.25, 0.3) is 0 Å². The van der Waals surface area contributed by atoms with Gasteiger partial charge in [0, 0.05) is 33.2 Å². The Morgan fingerprint density at radius 1 is 1.21 bits per heavy atom. The number of benzene rings is 1. The van der Waals surface area contributed by atoms with E-state index in [9.17, 15) is 8.42 Å². The number of hydrogen-bond acceptors (Lipinski definition) is 3. The van der Waals surface area contributed by atoms with Gasteiger partial charge in [0.15, 0.2) is 5.96 Å². The lowest BCUT2D eigenvalue weighted by Gasteiger charge is -2.38. The van der Waals surface area contributed by atoms with E-state index in [-0.39, 0.29) is 0 Å². The van der Waals surface area contributed by atoms with Gasteiger partial charge in [0.05, 0.1) is 4.90 Å². The van der Waals surface area contributed by atoms with E-state index in [2.05, 4.69) is 19.9 Å². The van der Waals surface area contributed by atoms with Gasteiger partial charge >= 0.3 is 0 Å². The normalized spacial score (nSPS) is 20.2. The van der Waals surface area contributed by atoms with Gasteiger partial charge in [-0.2, -0.15) is 0 Å². The van der Waals surface area contributed by atoms with Crippen LogP contribution in [0.25, 0.3) is 0 Å². The highest BCUT2D eigenvalue weighted by molar-refractivity contribution is 7.89. The van der Waals surface area contributed by atoms with E-state index in [0.29, 0.717) is 23.4 Å². The summed E-state index contributed by atoms with van der Waals surface area (Å²) in [7, 11) is -1.66. The van der Waals surface area contributed by atoms with Crippen LogP contribution < -0.4 is 10.0 Å². The van der Waals surface area contributed by atoms with Crippen LogP contribution in [0.1, 0.15) is 25.7 Å². The first-order valence-corrected chi connectivity index (χ1v) is 10.0. The Bertz CT molecular complexity index is 684. The molecule has 0 atom stereocenters. The van der Waals surface area contributed by atoms with Crippen molar-refractivity contribution in [3.63, 3.8) is 0 Å². The number of hydrogen-bond donors (Lipinski definition) is 2. The molecule has 7 heteroatoms. The van der Waals surface area contributed by atoms with E-state index in [1.165, 1.54) is 25.7 Å². The number of nitrogens with zero attached hydrogens (tertiary/aromatic N) is 2. The van der Waals surface area contributed by atoms with Crippen molar-refractivity contribution in [1.29, 1.82) is 0 Å². The molecule has 6 nitrogen and oxygen atoms in total. The van der Waals surface area contributed by atoms with Crippen LogP contribution in [-0.4, -0.2) is 52.5 Å². The first-order valence-electron chi connectivity index (χ1n) is 8.55. The van der Waals surface area contributed by atoms with Crippen molar-refractivity contribution in [2.24, 2.45) is 10.4 Å². The minimum atomic E-state index is -3.44. The molecule has 0 unspecified atom stereocenters. The summed E-state index contributed by atoms with van der Waals surface area (Å²) in [5.41, 5.74) is 0.520. The molecule has 2 aliphatic rings. The number of guanidine groups is 1. The zero-order chi connectivity index (χ0) is 17.0. The summed E-state index contributed by atoms with van der Waals surface area (Å²) in [5, 5.41) is 3.27. The van der Waals surface area contributed by atoms with Crippen LogP contribution in [0.15, 0.2) is 40.2 Å². The summed E-state index contributed by atoms with van der Waals surface area (Å²) in [6.45, 7) is 2.95. The highest BCUT2D eigenvalue weighted by Gasteiger charge is 2.43. The Morgan fingerprint density at radius 2 is 1.96 bits per heavy atom. The summed E-state index contributed by atoms with van der Waals surface area (Å²) >= 11 is 0. The van der Waals surface area contributed by atoms with Crippen molar-refractivity contribution < 1.29 is 8.42 Å². The first kappa shape index (κ1) is 17.2. The molecule has 24 heavy (non-hydrogen) atoms. The Morgan fingerprint density at radius 3 is 2.54 bits per heavy atom. The van der Waals surface area contributed by atoms with Gasteiger partial charge in [-0.05, 0) is 36.8 Å². The minimum Gasteiger partial charge on any atom is -0.355 e. The molecule has 132 valence electrons. The van der Waals surface area contributed by atoms with Gasteiger partial charge in [-0.15, -0.1) is 0 Å². The van der Waals surface area contributed by atoms with Crippen LogP contribution >= 0.6 is 0 Å². The van der Waals surface area contributed by atoms with E-state index in [4.69, 9.17) is 0 Å². The third kappa shape index (κ3) is 3.72. The van der Waals surface area contributed by atoms with Gasteiger partial charge < -0.3 is 10.2 Å². The second-order valence-electron chi connectivity index (χ2n) is 6.71. The fourth-order valence-corrected chi connectivity index (χ4v) is 4.63. The molecule has 1 aliphatic carbocycles. The molecule has 2 fully saturated rings. The van der Waals surface area contributed by atoms with Crippen molar-refractivity contribution in [3.8, 4) is 0 Å². The second-order valence-corrected chi connectivity index (χ2v) is 8.48. The summed E-state index contributed by atoms with van der Waals surface area (Å²) in [5.74, 6) is 0.873. The molecular formula is C17H26N4O2S. The lowest BCUT2D eigenvalue weighted by molar-refractivity contribution is 0.151. The SMILES string of the molecule is CN=C(NCCNS(=O)(=O)c1ccccc1)N1CCC2(CCC2)C1. The molecule has 1 saturated carbocycles. The predicted molar refractivity (Wildman–Crippen MR) is 95.5 cm³/mol. The molecule has 1 aromatic rings. The molecule has 1 saturated heterocycles. The van der Waals surface area contributed by atoms with Crippen molar-refractivity contribution in [1.82, 2.24) is 14.9 Å². The zero-order valence-corrected chi connectivity index (χ0v) is 15.0. The van der Waals surface area contributed by atoms with E-state index in [1.54, 1.807) is 37.4 Å². The van der Waals surface area contributed by atoms with Crippen molar-refractivity contribution in [2.75, 3.05) is 33.2 Å².